The lowest BCUT2D eigenvalue weighted by Crippen LogP contribution is -2.49. The molecule has 1 aliphatic heterocycles. The molecule has 0 bridgehead atoms. The molecular weight excluding hydrogens is 476 g/mol. The number of amides is 2. The summed E-state index contributed by atoms with van der Waals surface area (Å²) in [7, 11) is 3.69. The number of piperidine rings is 1. The molecule has 2 heterocycles. The molecule has 0 spiro atoms. The largest absolute Gasteiger partial charge is 0.490 e. The number of hydrogen-bond donors (Lipinski definition) is 0. The lowest BCUT2D eigenvalue weighted by Gasteiger charge is -2.39. The number of rotatable bonds is 9. The van der Waals surface area contributed by atoms with Crippen molar-refractivity contribution in [2.45, 2.75) is 38.3 Å². The van der Waals surface area contributed by atoms with E-state index < -0.39 is 0 Å². The van der Waals surface area contributed by atoms with E-state index in [1.54, 1.807) is 27.9 Å². The molecule has 1 saturated heterocycles. The van der Waals surface area contributed by atoms with Crippen LogP contribution in [0, 0.1) is 5.92 Å². The standard InChI is InChI=1S/C28H33ClN4O3/c1-31(18-21-7-4-3-5-8-21)28(35)15-23-20-33(27(34)12-11-22-17-30-32(2)19-22)14-13-26(23)36-25-10-6-9-24(29)16-25/h3-10,16-17,19,23,26H,11-15,18,20H2,1-2H3/t23-,26-/m0/s1. The Labute approximate surface area is 217 Å². The van der Waals surface area contributed by atoms with Gasteiger partial charge in [-0.25, -0.2) is 0 Å². The minimum Gasteiger partial charge on any atom is -0.490 e. The van der Waals surface area contributed by atoms with Crippen molar-refractivity contribution in [1.82, 2.24) is 19.6 Å². The van der Waals surface area contributed by atoms with Gasteiger partial charge in [0.15, 0.2) is 0 Å². The van der Waals surface area contributed by atoms with E-state index in [1.807, 2.05) is 67.7 Å². The molecule has 1 aliphatic rings. The Hall–Kier alpha value is -3.32. The van der Waals surface area contributed by atoms with E-state index in [0.717, 1.165) is 11.1 Å². The summed E-state index contributed by atoms with van der Waals surface area (Å²) in [6, 6.07) is 17.2. The first-order chi connectivity index (χ1) is 17.4. The number of carbonyl (C=O) groups excluding carboxylic acids is 2. The molecule has 0 aliphatic carbocycles. The molecular formula is C28H33ClN4O3. The minimum absolute atomic E-state index is 0.0354. The van der Waals surface area contributed by atoms with Crippen LogP contribution in [0.15, 0.2) is 67.0 Å². The van der Waals surface area contributed by atoms with Crippen LogP contribution in [-0.4, -0.2) is 57.6 Å². The van der Waals surface area contributed by atoms with Crippen molar-refractivity contribution >= 4 is 23.4 Å². The Bertz CT molecular complexity index is 1170. The van der Waals surface area contributed by atoms with Crippen molar-refractivity contribution in [3.63, 3.8) is 0 Å². The molecule has 190 valence electrons. The van der Waals surface area contributed by atoms with Gasteiger partial charge in [0.1, 0.15) is 11.9 Å². The Morgan fingerprint density at radius 3 is 2.67 bits per heavy atom. The molecule has 2 atom stereocenters. The maximum atomic E-state index is 13.2. The monoisotopic (exact) mass is 508 g/mol. The van der Waals surface area contributed by atoms with E-state index in [2.05, 4.69) is 5.10 Å². The van der Waals surface area contributed by atoms with Crippen molar-refractivity contribution < 1.29 is 14.3 Å². The van der Waals surface area contributed by atoms with Gasteiger partial charge in [-0.1, -0.05) is 48.0 Å². The maximum absolute atomic E-state index is 13.2. The van der Waals surface area contributed by atoms with Gasteiger partial charge in [0, 0.05) is 70.1 Å². The molecule has 36 heavy (non-hydrogen) atoms. The van der Waals surface area contributed by atoms with Gasteiger partial charge in [-0.15, -0.1) is 0 Å². The van der Waals surface area contributed by atoms with Gasteiger partial charge < -0.3 is 14.5 Å². The second kappa shape index (κ2) is 12.1. The molecule has 0 radical (unpaired) electrons. The van der Waals surface area contributed by atoms with Crippen LogP contribution in [-0.2, 0) is 29.6 Å². The van der Waals surface area contributed by atoms with Gasteiger partial charge in [-0.2, -0.15) is 5.10 Å². The summed E-state index contributed by atoms with van der Waals surface area (Å²) in [5.41, 5.74) is 2.12. The van der Waals surface area contributed by atoms with Gasteiger partial charge in [0.05, 0.1) is 6.20 Å². The van der Waals surface area contributed by atoms with E-state index in [9.17, 15) is 9.59 Å². The molecule has 4 rings (SSSR count). The van der Waals surface area contributed by atoms with Gasteiger partial charge >= 0.3 is 0 Å². The lowest BCUT2D eigenvalue weighted by molar-refractivity contribution is -0.138. The molecule has 1 aromatic heterocycles. The summed E-state index contributed by atoms with van der Waals surface area (Å²) < 4.78 is 8.05. The van der Waals surface area contributed by atoms with Crippen LogP contribution in [0.1, 0.15) is 30.4 Å². The Balaban J connectivity index is 1.42. The molecule has 0 unspecified atom stereocenters. The van der Waals surface area contributed by atoms with Gasteiger partial charge in [-0.05, 0) is 35.7 Å². The van der Waals surface area contributed by atoms with Crippen LogP contribution in [0.25, 0.3) is 0 Å². The van der Waals surface area contributed by atoms with E-state index in [1.165, 1.54) is 0 Å². The third kappa shape index (κ3) is 7.10. The Morgan fingerprint density at radius 2 is 1.94 bits per heavy atom. The minimum atomic E-state index is -0.181. The second-order valence-electron chi connectivity index (χ2n) is 9.46. The first-order valence-corrected chi connectivity index (χ1v) is 12.7. The number of aromatic nitrogens is 2. The third-order valence-electron chi connectivity index (χ3n) is 6.61. The number of hydrogen-bond acceptors (Lipinski definition) is 4. The quantitative estimate of drug-likeness (QED) is 0.431. The molecule has 3 aromatic rings. The van der Waals surface area contributed by atoms with E-state index in [0.29, 0.717) is 56.1 Å². The Kier molecular flexibility index (Phi) is 8.65. The predicted molar refractivity (Wildman–Crippen MR) is 140 cm³/mol. The summed E-state index contributed by atoms with van der Waals surface area (Å²) in [4.78, 5) is 29.9. The third-order valence-corrected chi connectivity index (χ3v) is 6.85. The molecule has 7 nitrogen and oxygen atoms in total. The van der Waals surface area contributed by atoms with E-state index in [-0.39, 0.29) is 23.8 Å². The lowest BCUT2D eigenvalue weighted by atomic mass is 9.90. The topological polar surface area (TPSA) is 67.7 Å². The second-order valence-corrected chi connectivity index (χ2v) is 9.90. The van der Waals surface area contributed by atoms with Crippen molar-refractivity contribution in [3.05, 3.63) is 83.1 Å². The van der Waals surface area contributed by atoms with Gasteiger partial charge in [0.25, 0.3) is 0 Å². The molecule has 0 saturated carbocycles. The first kappa shape index (κ1) is 25.8. The molecule has 2 amide bonds. The molecule has 8 heteroatoms. The highest BCUT2D eigenvalue weighted by Crippen LogP contribution is 2.28. The normalized spacial score (nSPS) is 17.6. The van der Waals surface area contributed by atoms with E-state index >= 15 is 0 Å². The zero-order valence-corrected chi connectivity index (χ0v) is 21.6. The number of likely N-dealkylation sites (tertiary alicyclic amines) is 1. The zero-order valence-electron chi connectivity index (χ0n) is 20.8. The highest BCUT2D eigenvalue weighted by atomic mass is 35.5. The fourth-order valence-electron chi connectivity index (χ4n) is 4.64. The van der Waals surface area contributed by atoms with E-state index in [4.69, 9.17) is 16.3 Å². The average Bonchev–Trinajstić information content (AvgIpc) is 3.29. The summed E-state index contributed by atoms with van der Waals surface area (Å²) in [5, 5.41) is 4.78. The first-order valence-electron chi connectivity index (χ1n) is 12.3. The number of nitrogens with zero attached hydrogens (tertiary/aromatic N) is 4. The Morgan fingerprint density at radius 1 is 1.14 bits per heavy atom. The van der Waals surface area contributed by atoms with Gasteiger partial charge in [-0.3, -0.25) is 14.3 Å². The summed E-state index contributed by atoms with van der Waals surface area (Å²) in [6.07, 6.45) is 5.58. The van der Waals surface area contributed by atoms with Crippen LogP contribution in [0.2, 0.25) is 5.02 Å². The van der Waals surface area contributed by atoms with Crippen molar-refractivity contribution in [2.75, 3.05) is 20.1 Å². The summed E-state index contributed by atoms with van der Waals surface area (Å²) >= 11 is 6.15. The number of carbonyl (C=O) groups is 2. The van der Waals surface area contributed by atoms with Crippen LogP contribution in [0.3, 0.4) is 0 Å². The van der Waals surface area contributed by atoms with Gasteiger partial charge in [0.2, 0.25) is 11.8 Å². The average molecular weight is 509 g/mol. The van der Waals surface area contributed by atoms with Crippen molar-refractivity contribution in [1.29, 1.82) is 0 Å². The van der Waals surface area contributed by atoms with Crippen LogP contribution in [0.5, 0.6) is 5.75 Å². The SMILES string of the molecule is CN(Cc1ccccc1)C(=O)C[C@H]1CN(C(=O)CCc2cnn(C)c2)CC[C@@H]1Oc1cccc(Cl)c1. The summed E-state index contributed by atoms with van der Waals surface area (Å²) in [6.45, 7) is 1.63. The van der Waals surface area contributed by atoms with Crippen LogP contribution < -0.4 is 4.74 Å². The predicted octanol–water partition coefficient (Wildman–Crippen LogP) is 4.35. The molecule has 2 aromatic carbocycles. The zero-order chi connectivity index (χ0) is 25.5. The number of aryl methyl sites for hydroxylation is 2. The molecule has 1 fully saturated rings. The smallest absolute Gasteiger partial charge is 0.223 e. The maximum Gasteiger partial charge on any atom is 0.223 e. The number of benzene rings is 2. The number of ether oxygens (including phenoxy) is 1. The highest BCUT2D eigenvalue weighted by molar-refractivity contribution is 6.30. The highest BCUT2D eigenvalue weighted by Gasteiger charge is 2.35. The summed E-state index contributed by atoms with van der Waals surface area (Å²) in [5.74, 6) is 0.688. The number of halogens is 1. The van der Waals surface area contributed by atoms with Crippen LogP contribution in [0.4, 0.5) is 0 Å². The van der Waals surface area contributed by atoms with Crippen molar-refractivity contribution in [2.24, 2.45) is 13.0 Å². The fourth-order valence-corrected chi connectivity index (χ4v) is 4.82. The van der Waals surface area contributed by atoms with Crippen LogP contribution >= 0.6 is 11.6 Å². The molecule has 0 N–H and O–H groups in total. The van der Waals surface area contributed by atoms with Crippen molar-refractivity contribution in [3.8, 4) is 5.75 Å². The fraction of sp³-hybridized carbons (Fsp3) is 0.393.